The molecule has 5 heteroatoms. The van der Waals surface area contributed by atoms with E-state index in [2.05, 4.69) is 54.5 Å². The predicted octanol–water partition coefficient (Wildman–Crippen LogP) is 7.17. The topological polar surface area (TPSA) is 83.8 Å². The van der Waals surface area contributed by atoms with Crippen molar-refractivity contribution in [2.75, 3.05) is 0 Å². The molecule has 5 rings (SSSR count). The number of aliphatic carboxylic acids is 1. The molecule has 0 spiro atoms. The number of rotatable bonds is 3. The van der Waals surface area contributed by atoms with Crippen LogP contribution in [0.15, 0.2) is 11.6 Å². The third-order valence-corrected chi connectivity index (χ3v) is 13.6. The van der Waals surface area contributed by atoms with Crippen LogP contribution in [0.25, 0.3) is 0 Å². The summed E-state index contributed by atoms with van der Waals surface area (Å²) in [5, 5.41) is 22.0. The largest absolute Gasteiger partial charge is 0.481 e. The summed E-state index contributed by atoms with van der Waals surface area (Å²) >= 11 is 0. The zero-order valence-corrected chi connectivity index (χ0v) is 25.2. The maximum Gasteiger partial charge on any atom is 0.310 e. The number of carboxylic acid groups (broad SMARTS) is 1. The first-order valence-electron chi connectivity index (χ1n) is 15.3. The van der Waals surface area contributed by atoms with Gasteiger partial charge in [0, 0.05) is 6.42 Å². The van der Waals surface area contributed by atoms with E-state index in [1.807, 2.05) is 6.92 Å². The second kappa shape index (κ2) is 8.57. The van der Waals surface area contributed by atoms with Gasteiger partial charge < -0.3 is 14.9 Å². The lowest BCUT2D eigenvalue weighted by Crippen LogP contribution is -2.67. The van der Waals surface area contributed by atoms with Crippen LogP contribution in [0.4, 0.5) is 0 Å². The molecule has 0 saturated heterocycles. The van der Waals surface area contributed by atoms with E-state index >= 15 is 0 Å². The van der Waals surface area contributed by atoms with Crippen LogP contribution in [0.3, 0.4) is 0 Å². The van der Waals surface area contributed by atoms with E-state index in [0.29, 0.717) is 24.7 Å². The number of aliphatic hydroxyl groups excluding tert-OH is 1. The van der Waals surface area contributed by atoms with Crippen LogP contribution in [0.2, 0.25) is 0 Å². The molecule has 2 N–H and O–H groups in total. The minimum absolute atomic E-state index is 0.0340. The number of ether oxygens (including phenoxy) is 1. The van der Waals surface area contributed by atoms with Crippen LogP contribution in [0.1, 0.15) is 120 Å². The Morgan fingerprint density at radius 1 is 0.947 bits per heavy atom. The van der Waals surface area contributed by atoms with Gasteiger partial charge in [-0.1, -0.05) is 67.0 Å². The molecular weight excluding hydrogens is 476 g/mol. The van der Waals surface area contributed by atoms with Crippen molar-refractivity contribution in [1.82, 2.24) is 0 Å². The summed E-state index contributed by atoms with van der Waals surface area (Å²) in [6.45, 7) is 18.2. The highest BCUT2D eigenvalue weighted by atomic mass is 16.6. The Labute approximate surface area is 230 Å². The first kappa shape index (κ1) is 28.2. The van der Waals surface area contributed by atoms with Crippen LogP contribution in [0, 0.1) is 50.2 Å². The average molecular weight is 529 g/mol. The first-order chi connectivity index (χ1) is 17.5. The number of esters is 1. The first-order valence-corrected chi connectivity index (χ1v) is 15.3. The summed E-state index contributed by atoms with van der Waals surface area (Å²) < 4.78 is 5.91. The number of aliphatic hydroxyl groups is 1. The fraction of sp³-hybridized carbons (Fsp3) is 0.879. The lowest BCUT2D eigenvalue weighted by Gasteiger charge is -2.71. The predicted molar refractivity (Wildman–Crippen MR) is 148 cm³/mol. The van der Waals surface area contributed by atoms with Gasteiger partial charge in [0.1, 0.15) is 6.10 Å². The molecule has 0 heterocycles. The summed E-state index contributed by atoms with van der Waals surface area (Å²) in [6, 6.07) is 0. The molecular formula is C33H52O5. The normalized spacial score (nSPS) is 48.9. The van der Waals surface area contributed by atoms with E-state index in [9.17, 15) is 19.8 Å². The van der Waals surface area contributed by atoms with Crippen LogP contribution < -0.4 is 0 Å². The maximum absolute atomic E-state index is 12.9. The van der Waals surface area contributed by atoms with Crippen molar-refractivity contribution in [1.29, 1.82) is 0 Å². The molecule has 5 nitrogen and oxygen atoms in total. The molecule has 4 saturated carbocycles. The molecule has 5 aliphatic rings. The summed E-state index contributed by atoms with van der Waals surface area (Å²) in [5.74, 6) is 0.0150. The van der Waals surface area contributed by atoms with E-state index in [1.165, 1.54) is 5.57 Å². The standard InChI is InChI=1S/C33H52O5/c1-9-25(34)38-22-19-30(6)23(29(4,5)26(22)35)12-13-32(8)24(30)11-10-20-21-18-28(2,3)14-16-33(21,27(36)37)17-15-31(20,32)7/h10,21-24,26,35H,9,11-19H2,1-8H3,(H,36,37)/t21-,22+,23-,24+,26-,30-,31+,32+,33-/m0/s1. The zero-order valence-electron chi connectivity index (χ0n) is 25.2. The summed E-state index contributed by atoms with van der Waals surface area (Å²) in [7, 11) is 0. The van der Waals surface area contributed by atoms with E-state index in [-0.39, 0.29) is 39.0 Å². The number of carbonyl (C=O) groups excluding carboxylic acids is 1. The number of carbonyl (C=O) groups is 2. The fourth-order valence-electron chi connectivity index (χ4n) is 11.1. The van der Waals surface area contributed by atoms with Crippen molar-refractivity contribution >= 4 is 11.9 Å². The van der Waals surface area contributed by atoms with E-state index in [0.717, 1.165) is 51.4 Å². The lowest BCUT2D eigenvalue weighted by molar-refractivity contribution is -0.238. The Morgan fingerprint density at radius 3 is 2.24 bits per heavy atom. The van der Waals surface area contributed by atoms with Gasteiger partial charge in [0.25, 0.3) is 0 Å². The zero-order chi connectivity index (χ0) is 28.1. The molecule has 0 bridgehead atoms. The Balaban J connectivity index is 1.58. The highest BCUT2D eigenvalue weighted by Crippen LogP contribution is 2.75. The third-order valence-electron chi connectivity index (χ3n) is 13.6. The number of hydrogen-bond donors (Lipinski definition) is 2. The van der Waals surface area contributed by atoms with Gasteiger partial charge in [0.15, 0.2) is 0 Å². The van der Waals surface area contributed by atoms with E-state index in [1.54, 1.807) is 0 Å². The monoisotopic (exact) mass is 528 g/mol. The minimum Gasteiger partial charge on any atom is -0.481 e. The Hall–Kier alpha value is -1.36. The summed E-state index contributed by atoms with van der Waals surface area (Å²) in [6.07, 6.45) is 9.84. The Kier molecular flexibility index (Phi) is 6.36. The van der Waals surface area contributed by atoms with Crippen molar-refractivity contribution in [3.8, 4) is 0 Å². The summed E-state index contributed by atoms with van der Waals surface area (Å²) in [5.41, 5.74) is 0.529. The second-order valence-corrected chi connectivity index (χ2v) is 16.0. The van der Waals surface area contributed by atoms with Crippen LogP contribution in [-0.4, -0.2) is 34.4 Å². The highest BCUT2D eigenvalue weighted by molar-refractivity contribution is 5.76. The molecule has 0 aliphatic heterocycles. The van der Waals surface area contributed by atoms with E-state index in [4.69, 9.17) is 4.74 Å². The fourth-order valence-corrected chi connectivity index (χ4v) is 11.1. The molecule has 5 aliphatic carbocycles. The third kappa shape index (κ3) is 3.58. The quantitative estimate of drug-likeness (QED) is 0.300. The van der Waals surface area contributed by atoms with Crippen molar-refractivity contribution in [3.63, 3.8) is 0 Å². The van der Waals surface area contributed by atoms with Gasteiger partial charge in [-0.15, -0.1) is 0 Å². The van der Waals surface area contributed by atoms with Gasteiger partial charge >= 0.3 is 11.9 Å². The maximum atomic E-state index is 12.9. The molecule has 0 aromatic rings. The Morgan fingerprint density at radius 2 is 1.61 bits per heavy atom. The smallest absolute Gasteiger partial charge is 0.310 e. The number of allylic oxidation sites excluding steroid dienone is 2. The van der Waals surface area contributed by atoms with Gasteiger partial charge in [-0.2, -0.15) is 0 Å². The Bertz CT molecular complexity index is 1040. The van der Waals surface area contributed by atoms with Crippen molar-refractivity contribution < 1.29 is 24.5 Å². The van der Waals surface area contributed by atoms with Gasteiger partial charge in [-0.25, -0.2) is 0 Å². The van der Waals surface area contributed by atoms with Gasteiger partial charge in [0.05, 0.1) is 11.5 Å². The van der Waals surface area contributed by atoms with Crippen molar-refractivity contribution in [2.45, 2.75) is 132 Å². The summed E-state index contributed by atoms with van der Waals surface area (Å²) in [4.78, 5) is 25.2. The molecule has 9 atom stereocenters. The molecule has 0 aromatic carbocycles. The van der Waals surface area contributed by atoms with Gasteiger partial charge in [-0.3, -0.25) is 9.59 Å². The van der Waals surface area contributed by atoms with E-state index < -0.39 is 23.6 Å². The average Bonchev–Trinajstić information content (AvgIpc) is 2.82. The van der Waals surface area contributed by atoms with Crippen molar-refractivity contribution in [3.05, 3.63) is 11.6 Å². The molecule has 0 unspecified atom stereocenters. The van der Waals surface area contributed by atoms with Gasteiger partial charge in [0.2, 0.25) is 0 Å². The van der Waals surface area contributed by atoms with Crippen LogP contribution in [-0.2, 0) is 14.3 Å². The molecule has 38 heavy (non-hydrogen) atoms. The SMILES string of the molecule is CCC(=O)O[C@@H]1C[C@]2(C)[C@H]3CC=C4[C@@H]5CC(C)(C)CC[C@]5(C(=O)O)CC[C@@]4(C)[C@]3(C)CC[C@H]2C(C)(C)[C@H]1O. The molecule has 0 aromatic heterocycles. The molecule has 4 fully saturated rings. The molecule has 214 valence electrons. The molecule has 0 radical (unpaired) electrons. The second-order valence-electron chi connectivity index (χ2n) is 16.0. The highest BCUT2D eigenvalue weighted by Gasteiger charge is 2.70. The lowest BCUT2D eigenvalue weighted by atomic mass is 9.33. The van der Waals surface area contributed by atoms with Gasteiger partial charge in [-0.05, 0) is 103 Å². The molecule has 0 amide bonds. The number of hydrogen-bond acceptors (Lipinski definition) is 4. The minimum atomic E-state index is -0.666. The van der Waals surface area contributed by atoms with Crippen LogP contribution >= 0.6 is 0 Å². The number of fused-ring (bicyclic) bond motifs is 7. The van der Waals surface area contributed by atoms with Crippen LogP contribution in [0.5, 0.6) is 0 Å². The van der Waals surface area contributed by atoms with Crippen molar-refractivity contribution in [2.24, 2.45) is 50.2 Å². The number of carboxylic acids is 1.